The lowest BCUT2D eigenvalue weighted by molar-refractivity contribution is -0.140. The molecule has 4 rings (SSSR count). The topological polar surface area (TPSA) is 76.2 Å². The molecule has 4 amide bonds. The number of para-hydroxylation sites is 1. The van der Waals surface area contributed by atoms with Crippen molar-refractivity contribution in [3.63, 3.8) is 0 Å². The lowest BCUT2D eigenvalue weighted by Crippen LogP contribution is -2.58. The van der Waals surface area contributed by atoms with Gasteiger partial charge in [-0.2, -0.15) is 0 Å². The summed E-state index contributed by atoms with van der Waals surface area (Å²) < 4.78 is 0. The van der Waals surface area contributed by atoms with Crippen molar-refractivity contribution < 1.29 is 14.4 Å². The summed E-state index contributed by atoms with van der Waals surface area (Å²) in [5.74, 6) is -0.0646. The average Bonchev–Trinajstić information content (AvgIpc) is 3.14. The van der Waals surface area contributed by atoms with E-state index in [0.29, 0.717) is 45.7 Å². The van der Waals surface area contributed by atoms with Gasteiger partial charge in [-0.1, -0.05) is 30.3 Å². The molecule has 192 valence electrons. The van der Waals surface area contributed by atoms with Gasteiger partial charge in [0.15, 0.2) is 0 Å². The molecule has 2 saturated heterocycles. The van der Waals surface area contributed by atoms with Crippen LogP contribution in [0.25, 0.3) is 0 Å². The molecule has 1 N–H and O–H groups in total. The second kappa shape index (κ2) is 10.6. The van der Waals surface area contributed by atoms with E-state index in [1.54, 1.807) is 14.7 Å². The largest absolute Gasteiger partial charge is 0.342 e. The molecule has 2 fully saturated rings. The number of hydrogen-bond donors (Lipinski definition) is 1. The van der Waals surface area contributed by atoms with Crippen LogP contribution in [0.4, 0.5) is 16.2 Å². The Morgan fingerprint density at radius 2 is 1.64 bits per heavy atom. The van der Waals surface area contributed by atoms with E-state index in [2.05, 4.69) is 10.2 Å². The zero-order valence-corrected chi connectivity index (χ0v) is 21.8. The first kappa shape index (κ1) is 25.5. The van der Waals surface area contributed by atoms with Crippen molar-refractivity contribution in [2.45, 2.75) is 46.1 Å². The summed E-state index contributed by atoms with van der Waals surface area (Å²) in [6, 6.07) is 15.6. The van der Waals surface area contributed by atoms with Crippen LogP contribution in [0.1, 0.15) is 37.8 Å². The molecule has 0 bridgehead atoms. The number of likely N-dealkylation sites (N-methyl/N-ethyl adjacent to an activating group) is 1. The van der Waals surface area contributed by atoms with Crippen LogP contribution in [0.2, 0.25) is 0 Å². The SMILES string of the molecule is CCN(CC)C(=O)CN1CN(c2ccccc2)C2(CCN(C(=O)Nc3cccc(C)c3C)CC2)C1=O. The van der Waals surface area contributed by atoms with Crippen molar-refractivity contribution in [1.29, 1.82) is 0 Å². The molecule has 0 aromatic heterocycles. The Balaban J connectivity index is 1.52. The highest BCUT2D eigenvalue weighted by molar-refractivity contribution is 5.97. The summed E-state index contributed by atoms with van der Waals surface area (Å²) in [4.78, 5) is 47.1. The molecule has 1 spiro atoms. The Morgan fingerprint density at radius 1 is 0.972 bits per heavy atom. The van der Waals surface area contributed by atoms with Crippen LogP contribution < -0.4 is 10.2 Å². The van der Waals surface area contributed by atoms with Crippen LogP contribution in [0, 0.1) is 13.8 Å². The summed E-state index contributed by atoms with van der Waals surface area (Å²) in [6.45, 7) is 10.5. The van der Waals surface area contributed by atoms with Crippen molar-refractivity contribution in [3.8, 4) is 0 Å². The van der Waals surface area contributed by atoms with Gasteiger partial charge in [0, 0.05) is 37.6 Å². The molecule has 2 aliphatic heterocycles. The lowest BCUT2D eigenvalue weighted by atomic mass is 9.85. The summed E-state index contributed by atoms with van der Waals surface area (Å²) >= 11 is 0. The Morgan fingerprint density at radius 3 is 2.28 bits per heavy atom. The fraction of sp³-hybridized carbons (Fsp3) is 0.464. The molecule has 2 heterocycles. The number of anilines is 2. The maximum absolute atomic E-state index is 13.8. The van der Waals surface area contributed by atoms with E-state index in [1.807, 2.05) is 76.2 Å². The molecule has 8 heteroatoms. The third-order valence-corrected chi connectivity index (χ3v) is 7.75. The molecule has 8 nitrogen and oxygen atoms in total. The standard InChI is InChI=1S/C28H37N5O3/c1-5-30(6-2)25(34)19-32-20-33(23-12-8-7-9-13-23)28(26(32)35)15-17-31(18-16-28)27(36)29-24-14-10-11-21(3)22(24)4/h7-14H,5-6,15-20H2,1-4H3,(H,29,36). The van der Waals surface area contributed by atoms with Crippen LogP contribution in [0.3, 0.4) is 0 Å². The average molecular weight is 492 g/mol. The van der Waals surface area contributed by atoms with E-state index >= 15 is 0 Å². The number of hydrogen-bond acceptors (Lipinski definition) is 4. The van der Waals surface area contributed by atoms with Gasteiger partial charge in [0.1, 0.15) is 12.1 Å². The molecule has 0 atom stereocenters. The van der Waals surface area contributed by atoms with E-state index in [4.69, 9.17) is 0 Å². The highest BCUT2D eigenvalue weighted by Gasteiger charge is 2.54. The third-order valence-electron chi connectivity index (χ3n) is 7.75. The predicted octanol–water partition coefficient (Wildman–Crippen LogP) is 3.84. The second-order valence-electron chi connectivity index (χ2n) is 9.67. The first-order valence-electron chi connectivity index (χ1n) is 12.8. The summed E-state index contributed by atoms with van der Waals surface area (Å²) in [6.07, 6.45) is 1.02. The molecule has 36 heavy (non-hydrogen) atoms. The minimum Gasteiger partial charge on any atom is -0.342 e. The first-order valence-corrected chi connectivity index (χ1v) is 12.8. The van der Waals surface area contributed by atoms with Gasteiger partial charge >= 0.3 is 6.03 Å². The smallest absolute Gasteiger partial charge is 0.321 e. The van der Waals surface area contributed by atoms with Crippen molar-refractivity contribution in [1.82, 2.24) is 14.7 Å². The lowest BCUT2D eigenvalue weighted by Gasteiger charge is -2.43. The highest BCUT2D eigenvalue weighted by atomic mass is 16.2. The molecular weight excluding hydrogens is 454 g/mol. The van der Waals surface area contributed by atoms with Crippen LogP contribution in [0.5, 0.6) is 0 Å². The number of nitrogens with zero attached hydrogens (tertiary/aromatic N) is 4. The van der Waals surface area contributed by atoms with Gasteiger partial charge in [-0.3, -0.25) is 9.59 Å². The van der Waals surface area contributed by atoms with Gasteiger partial charge in [0.2, 0.25) is 5.91 Å². The predicted molar refractivity (Wildman–Crippen MR) is 142 cm³/mol. The monoisotopic (exact) mass is 491 g/mol. The fourth-order valence-corrected chi connectivity index (χ4v) is 5.32. The van der Waals surface area contributed by atoms with Crippen molar-refractivity contribution in [2.75, 3.05) is 49.6 Å². The number of piperidine rings is 1. The van der Waals surface area contributed by atoms with Gasteiger partial charge in [0.25, 0.3) is 5.91 Å². The molecule has 2 aliphatic rings. The van der Waals surface area contributed by atoms with E-state index in [9.17, 15) is 14.4 Å². The molecule has 2 aromatic rings. The number of nitrogens with one attached hydrogen (secondary N) is 1. The summed E-state index contributed by atoms with van der Waals surface area (Å²) in [5, 5.41) is 3.04. The summed E-state index contributed by atoms with van der Waals surface area (Å²) in [7, 11) is 0. The molecule has 0 unspecified atom stereocenters. The van der Waals surface area contributed by atoms with Gasteiger partial charge < -0.3 is 24.9 Å². The number of urea groups is 1. The van der Waals surface area contributed by atoms with Crippen molar-refractivity contribution in [2.24, 2.45) is 0 Å². The second-order valence-corrected chi connectivity index (χ2v) is 9.67. The summed E-state index contributed by atoms with van der Waals surface area (Å²) in [5.41, 5.74) is 3.18. The third kappa shape index (κ3) is 4.76. The van der Waals surface area contributed by atoms with Crippen LogP contribution in [0.15, 0.2) is 48.5 Å². The van der Waals surface area contributed by atoms with Gasteiger partial charge in [-0.25, -0.2) is 4.79 Å². The van der Waals surface area contributed by atoms with Crippen LogP contribution in [-0.2, 0) is 9.59 Å². The minimum absolute atomic E-state index is 0.0264. The van der Waals surface area contributed by atoms with Gasteiger partial charge in [0.05, 0.1) is 6.67 Å². The Hall–Kier alpha value is -3.55. The number of carbonyl (C=O) groups excluding carboxylic acids is 3. The number of benzene rings is 2. The maximum Gasteiger partial charge on any atom is 0.321 e. The number of rotatable bonds is 6. The number of likely N-dealkylation sites (tertiary alicyclic amines) is 1. The van der Waals surface area contributed by atoms with Gasteiger partial charge in [-0.15, -0.1) is 0 Å². The maximum atomic E-state index is 13.8. The van der Waals surface area contributed by atoms with Gasteiger partial charge in [-0.05, 0) is 69.9 Å². The van der Waals surface area contributed by atoms with Crippen LogP contribution >= 0.6 is 0 Å². The number of amides is 4. The Labute approximate surface area is 213 Å². The zero-order chi connectivity index (χ0) is 25.9. The number of carbonyl (C=O) groups is 3. The van der Waals surface area contributed by atoms with Crippen molar-refractivity contribution in [3.05, 3.63) is 59.7 Å². The minimum atomic E-state index is -0.763. The molecule has 0 aliphatic carbocycles. The molecule has 0 saturated carbocycles. The van der Waals surface area contributed by atoms with E-state index in [0.717, 1.165) is 22.5 Å². The normalized spacial score (nSPS) is 17.0. The quantitative estimate of drug-likeness (QED) is 0.666. The molecular formula is C28H37N5O3. The van der Waals surface area contributed by atoms with E-state index < -0.39 is 5.54 Å². The molecule has 2 aromatic carbocycles. The highest BCUT2D eigenvalue weighted by Crippen LogP contribution is 2.39. The Bertz CT molecular complexity index is 1110. The fourth-order valence-electron chi connectivity index (χ4n) is 5.32. The van der Waals surface area contributed by atoms with E-state index in [-0.39, 0.29) is 24.4 Å². The van der Waals surface area contributed by atoms with Crippen molar-refractivity contribution >= 4 is 29.2 Å². The number of aryl methyl sites for hydroxylation is 1. The molecule has 0 radical (unpaired) electrons. The Kier molecular flexibility index (Phi) is 7.52. The first-order chi connectivity index (χ1) is 17.3. The van der Waals surface area contributed by atoms with Crippen LogP contribution in [-0.4, -0.2) is 77.5 Å². The zero-order valence-electron chi connectivity index (χ0n) is 21.8. The van der Waals surface area contributed by atoms with E-state index in [1.165, 1.54) is 0 Å².